The lowest BCUT2D eigenvalue weighted by molar-refractivity contribution is 0.0945. The fraction of sp³-hybridized carbons (Fsp3) is 0.100. The number of nitrogens with one attached hydrogen (secondary N) is 2. The van der Waals surface area contributed by atoms with Gasteiger partial charge in [-0.15, -0.1) is 0 Å². The maximum Gasteiger partial charge on any atom is 0.291 e. The maximum absolute atomic E-state index is 11.5. The van der Waals surface area contributed by atoms with E-state index in [4.69, 9.17) is 0 Å². The van der Waals surface area contributed by atoms with E-state index in [0.29, 0.717) is 6.54 Å². The highest BCUT2D eigenvalue weighted by molar-refractivity contribution is 6.99. The average molecular weight is 235 g/mol. The molecule has 0 spiro atoms. The fourth-order valence-corrected chi connectivity index (χ4v) is 1.69. The molecule has 0 aliphatic carbocycles. The molecular weight excluding hydrogens is 226 g/mol. The number of benzene rings is 1. The standard InChI is InChI=1S/C10H9N3O2S/c14-9(8-10(15)13-16-12-8)11-6-7-4-2-1-3-5-7/h1-5H,6H2,(H,11,14)(H,13,15). The number of carbonyl (C=O) groups excluding carboxylic acids is 1. The Kier molecular flexibility index (Phi) is 3.11. The molecule has 0 saturated carbocycles. The molecule has 0 aliphatic rings. The van der Waals surface area contributed by atoms with Crippen molar-refractivity contribution in [1.82, 2.24) is 14.1 Å². The van der Waals surface area contributed by atoms with Gasteiger partial charge in [-0.25, -0.2) is 0 Å². The van der Waals surface area contributed by atoms with E-state index in [0.717, 1.165) is 17.3 Å². The predicted octanol–water partition coefficient (Wildman–Crippen LogP) is 0.761. The van der Waals surface area contributed by atoms with E-state index in [1.54, 1.807) is 0 Å². The second-order valence-corrected chi connectivity index (χ2v) is 3.70. The van der Waals surface area contributed by atoms with Gasteiger partial charge in [0.15, 0.2) is 0 Å². The van der Waals surface area contributed by atoms with E-state index in [1.165, 1.54) is 0 Å². The smallest absolute Gasteiger partial charge is 0.291 e. The summed E-state index contributed by atoms with van der Waals surface area (Å²) < 4.78 is 6.05. The highest BCUT2D eigenvalue weighted by atomic mass is 32.1. The summed E-state index contributed by atoms with van der Waals surface area (Å²) in [6.07, 6.45) is 0. The highest BCUT2D eigenvalue weighted by Crippen LogP contribution is 1.98. The number of carbonyl (C=O) groups is 1. The van der Waals surface area contributed by atoms with Gasteiger partial charge in [0.05, 0.1) is 0 Å². The maximum atomic E-state index is 11.5. The molecule has 5 nitrogen and oxygen atoms in total. The number of hydrogen-bond donors (Lipinski definition) is 2. The number of nitrogens with zero attached hydrogens (tertiary/aromatic N) is 1. The van der Waals surface area contributed by atoms with Crippen LogP contribution in [0.3, 0.4) is 0 Å². The molecule has 0 saturated heterocycles. The second kappa shape index (κ2) is 4.71. The minimum absolute atomic E-state index is 0.0825. The van der Waals surface area contributed by atoms with Gasteiger partial charge in [-0.3, -0.25) is 14.0 Å². The topological polar surface area (TPSA) is 74.8 Å². The Bertz CT molecular complexity index is 532. The lowest BCUT2D eigenvalue weighted by Gasteiger charge is -2.01. The molecule has 16 heavy (non-hydrogen) atoms. The second-order valence-electron chi connectivity index (χ2n) is 3.13. The van der Waals surface area contributed by atoms with Crippen LogP contribution in [0.2, 0.25) is 0 Å². The van der Waals surface area contributed by atoms with Gasteiger partial charge in [-0.1, -0.05) is 30.3 Å². The number of aromatic nitrogens is 2. The van der Waals surface area contributed by atoms with Gasteiger partial charge in [0.2, 0.25) is 5.69 Å². The van der Waals surface area contributed by atoms with Crippen molar-refractivity contribution in [3.8, 4) is 0 Å². The van der Waals surface area contributed by atoms with Crippen molar-refractivity contribution in [2.24, 2.45) is 0 Å². The van der Waals surface area contributed by atoms with Gasteiger partial charge in [0, 0.05) is 18.3 Å². The van der Waals surface area contributed by atoms with Gasteiger partial charge in [-0.2, -0.15) is 4.37 Å². The summed E-state index contributed by atoms with van der Waals surface area (Å²) in [7, 11) is 0. The summed E-state index contributed by atoms with van der Waals surface area (Å²) in [6.45, 7) is 0.386. The third kappa shape index (κ3) is 2.34. The Labute approximate surface area is 95.5 Å². The summed E-state index contributed by atoms with van der Waals surface area (Å²) in [5.74, 6) is -0.452. The van der Waals surface area contributed by atoms with Crippen LogP contribution in [0.1, 0.15) is 16.1 Å². The van der Waals surface area contributed by atoms with E-state index in [1.807, 2.05) is 30.3 Å². The number of hydrogen-bond acceptors (Lipinski definition) is 4. The van der Waals surface area contributed by atoms with Gasteiger partial charge in [-0.05, 0) is 5.56 Å². The van der Waals surface area contributed by atoms with Crippen molar-refractivity contribution >= 4 is 17.6 Å². The Morgan fingerprint density at radius 1 is 1.38 bits per heavy atom. The van der Waals surface area contributed by atoms with Crippen LogP contribution in [0, 0.1) is 0 Å². The van der Waals surface area contributed by atoms with E-state index in [-0.39, 0.29) is 5.69 Å². The van der Waals surface area contributed by atoms with Crippen molar-refractivity contribution < 1.29 is 4.79 Å². The van der Waals surface area contributed by atoms with Crippen LogP contribution < -0.4 is 10.9 Å². The molecule has 2 N–H and O–H groups in total. The zero-order valence-corrected chi connectivity index (χ0v) is 9.08. The van der Waals surface area contributed by atoms with E-state index in [2.05, 4.69) is 14.1 Å². The summed E-state index contributed by atoms with van der Waals surface area (Å²) >= 11 is 0.868. The van der Waals surface area contributed by atoms with Crippen LogP contribution >= 0.6 is 11.7 Å². The van der Waals surface area contributed by atoms with Gasteiger partial charge < -0.3 is 5.32 Å². The number of H-pyrrole nitrogens is 1. The molecule has 0 fully saturated rings. The van der Waals surface area contributed by atoms with Crippen LogP contribution in [0.25, 0.3) is 0 Å². The number of amides is 1. The van der Waals surface area contributed by atoms with Crippen LogP contribution in [0.15, 0.2) is 35.1 Å². The first-order chi connectivity index (χ1) is 7.77. The third-order valence-corrected chi connectivity index (χ3v) is 2.55. The molecule has 82 valence electrons. The molecule has 1 aromatic carbocycles. The SMILES string of the molecule is O=C(NCc1ccccc1)c1ns[nH]c1=O. The lowest BCUT2D eigenvalue weighted by Crippen LogP contribution is -2.27. The zero-order chi connectivity index (χ0) is 11.4. The Hall–Kier alpha value is -1.95. The minimum atomic E-state index is -0.452. The van der Waals surface area contributed by atoms with Crippen molar-refractivity contribution in [1.29, 1.82) is 0 Å². The first-order valence-electron chi connectivity index (χ1n) is 4.64. The molecule has 1 heterocycles. The highest BCUT2D eigenvalue weighted by Gasteiger charge is 2.12. The summed E-state index contributed by atoms with van der Waals surface area (Å²) in [5, 5.41) is 2.63. The molecule has 6 heteroatoms. The number of rotatable bonds is 3. The monoisotopic (exact) mass is 235 g/mol. The first kappa shape index (κ1) is 10.6. The normalized spacial score (nSPS) is 10.0. The summed E-state index contributed by atoms with van der Waals surface area (Å²) in [6, 6.07) is 9.46. The van der Waals surface area contributed by atoms with Crippen molar-refractivity contribution in [2.45, 2.75) is 6.54 Å². The molecule has 2 aromatic rings. The zero-order valence-electron chi connectivity index (χ0n) is 8.27. The molecule has 1 aromatic heterocycles. The van der Waals surface area contributed by atoms with E-state index in [9.17, 15) is 9.59 Å². The van der Waals surface area contributed by atoms with Crippen LogP contribution in [-0.2, 0) is 6.54 Å². The average Bonchev–Trinajstić information content (AvgIpc) is 2.74. The minimum Gasteiger partial charge on any atom is -0.346 e. The van der Waals surface area contributed by atoms with Crippen molar-refractivity contribution in [3.05, 3.63) is 51.9 Å². The first-order valence-corrected chi connectivity index (χ1v) is 5.41. The van der Waals surface area contributed by atoms with Crippen LogP contribution in [-0.4, -0.2) is 14.7 Å². The predicted molar refractivity (Wildman–Crippen MR) is 60.3 cm³/mol. The quantitative estimate of drug-likeness (QED) is 0.824. The molecule has 0 atom stereocenters. The van der Waals surface area contributed by atoms with Crippen LogP contribution in [0.4, 0.5) is 0 Å². The molecule has 0 radical (unpaired) electrons. The molecule has 0 bridgehead atoms. The fourth-order valence-electron chi connectivity index (χ4n) is 1.21. The molecule has 0 unspecified atom stereocenters. The van der Waals surface area contributed by atoms with E-state index >= 15 is 0 Å². The summed E-state index contributed by atoms with van der Waals surface area (Å²) in [4.78, 5) is 22.6. The lowest BCUT2D eigenvalue weighted by atomic mass is 10.2. The molecular formula is C10H9N3O2S. The van der Waals surface area contributed by atoms with Crippen molar-refractivity contribution in [3.63, 3.8) is 0 Å². The number of aromatic amines is 1. The van der Waals surface area contributed by atoms with Gasteiger partial charge >= 0.3 is 0 Å². The third-order valence-electron chi connectivity index (χ3n) is 2.00. The van der Waals surface area contributed by atoms with Gasteiger partial charge in [0.25, 0.3) is 11.5 Å². The van der Waals surface area contributed by atoms with Crippen LogP contribution in [0.5, 0.6) is 0 Å². The molecule has 0 aliphatic heterocycles. The summed E-state index contributed by atoms with van der Waals surface area (Å²) in [5.41, 5.74) is 0.444. The van der Waals surface area contributed by atoms with E-state index < -0.39 is 11.5 Å². The van der Waals surface area contributed by atoms with Crippen molar-refractivity contribution in [2.75, 3.05) is 0 Å². The largest absolute Gasteiger partial charge is 0.346 e. The van der Waals surface area contributed by atoms with Gasteiger partial charge in [0.1, 0.15) is 0 Å². The Balaban J connectivity index is 2.00. The Morgan fingerprint density at radius 2 is 2.12 bits per heavy atom. The Morgan fingerprint density at radius 3 is 2.75 bits per heavy atom. The molecule has 2 rings (SSSR count). The molecule has 1 amide bonds.